The first-order valence-electron chi connectivity index (χ1n) is 5.73. The number of imidazole rings is 1. The molecule has 17 heavy (non-hydrogen) atoms. The summed E-state index contributed by atoms with van der Waals surface area (Å²) in [5.74, 6) is 6.56. The van der Waals surface area contributed by atoms with Crippen molar-refractivity contribution in [2.75, 3.05) is 0 Å². The Balaban J connectivity index is 2.35. The first kappa shape index (κ1) is 11.8. The van der Waals surface area contributed by atoms with E-state index in [0.717, 1.165) is 24.5 Å². The number of aryl methyl sites for hydroxylation is 2. The van der Waals surface area contributed by atoms with Crippen molar-refractivity contribution in [2.24, 2.45) is 12.9 Å². The van der Waals surface area contributed by atoms with E-state index in [4.69, 9.17) is 5.84 Å². The van der Waals surface area contributed by atoms with Crippen LogP contribution >= 0.6 is 0 Å². The number of nitrogens with two attached hydrogens (primary N) is 1. The summed E-state index contributed by atoms with van der Waals surface area (Å²) in [6.07, 6.45) is 6.59. The van der Waals surface area contributed by atoms with Crippen LogP contribution in [0.4, 0.5) is 0 Å². The predicted octanol–water partition coefficient (Wildman–Crippen LogP) is 0.579. The van der Waals surface area contributed by atoms with Crippen molar-refractivity contribution in [1.82, 2.24) is 24.8 Å². The zero-order chi connectivity index (χ0) is 12.3. The maximum atomic E-state index is 5.64. The Morgan fingerprint density at radius 1 is 1.47 bits per heavy atom. The lowest BCUT2D eigenvalue weighted by Crippen LogP contribution is -2.32. The molecular weight excluding hydrogens is 216 g/mol. The van der Waals surface area contributed by atoms with Crippen molar-refractivity contribution in [1.29, 1.82) is 0 Å². The summed E-state index contributed by atoms with van der Waals surface area (Å²) in [6, 6.07) is 1.80. The molecule has 0 aromatic carbocycles. The summed E-state index contributed by atoms with van der Waals surface area (Å²) in [5, 5.41) is 4.16. The molecule has 92 valence electrons. The number of hydrogen-bond acceptors (Lipinski definition) is 4. The molecule has 1 atom stereocenters. The van der Waals surface area contributed by atoms with Crippen molar-refractivity contribution in [2.45, 2.75) is 25.9 Å². The summed E-state index contributed by atoms with van der Waals surface area (Å²) in [5.41, 5.74) is 3.80. The van der Waals surface area contributed by atoms with Gasteiger partial charge in [-0.2, -0.15) is 5.10 Å². The normalized spacial score (nSPS) is 12.9. The Morgan fingerprint density at radius 2 is 2.29 bits per heavy atom. The third kappa shape index (κ3) is 2.22. The molecule has 0 aliphatic heterocycles. The van der Waals surface area contributed by atoms with Crippen LogP contribution in [-0.4, -0.2) is 19.3 Å². The highest BCUT2D eigenvalue weighted by Gasteiger charge is 2.20. The molecule has 0 aliphatic rings. The quantitative estimate of drug-likeness (QED) is 0.586. The maximum absolute atomic E-state index is 5.64. The van der Waals surface area contributed by atoms with Crippen LogP contribution in [-0.2, 0) is 13.6 Å². The van der Waals surface area contributed by atoms with Crippen LogP contribution in [0.15, 0.2) is 24.7 Å². The lowest BCUT2D eigenvalue weighted by Gasteiger charge is -2.17. The lowest BCUT2D eigenvalue weighted by atomic mass is 10.2. The van der Waals surface area contributed by atoms with E-state index in [1.807, 2.05) is 19.3 Å². The summed E-state index contributed by atoms with van der Waals surface area (Å²) < 4.78 is 3.91. The highest BCUT2D eigenvalue weighted by Crippen LogP contribution is 2.19. The fourth-order valence-corrected chi connectivity index (χ4v) is 1.97. The third-order valence-corrected chi connectivity index (χ3v) is 2.79. The minimum atomic E-state index is -0.135. The van der Waals surface area contributed by atoms with Gasteiger partial charge in [0.05, 0.1) is 5.69 Å². The Hall–Kier alpha value is -1.66. The topological polar surface area (TPSA) is 73.7 Å². The van der Waals surface area contributed by atoms with Gasteiger partial charge in [-0.1, -0.05) is 6.92 Å². The molecule has 0 fully saturated rings. The average Bonchev–Trinajstić information content (AvgIpc) is 2.92. The molecule has 1 unspecified atom stereocenters. The molecule has 6 nitrogen and oxygen atoms in total. The first-order chi connectivity index (χ1) is 8.27. The van der Waals surface area contributed by atoms with Gasteiger partial charge in [0.25, 0.3) is 0 Å². The van der Waals surface area contributed by atoms with Crippen LogP contribution in [0, 0.1) is 0 Å². The molecule has 0 aliphatic carbocycles. The second-order valence-corrected chi connectivity index (χ2v) is 3.96. The van der Waals surface area contributed by atoms with Crippen LogP contribution in [0.5, 0.6) is 0 Å². The molecule has 2 aromatic heterocycles. The zero-order valence-electron chi connectivity index (χ0n) is 10.2. The summed E-state index contributed by atoms with van der Waals surface area (Å²) in [4.78, 5) is 4.38. The first-order valence-corrected chi connectivity index (χ1v) is 5.73. The van der Waals surface area contributed by atoms with E-state index in [9.17, 15) is 0 Å². The number of aromatic nitrogens is 4. The fraction of sp³-hybridized carbons (Fsp3) is 0.455. The van der Waals surface area contributed by atoms with Crippen LogP contribution in [0.3, 0.4) is 0 Å². The molecule has 0 saturated carbocycles. The number of nitrogens with one attached hydrogen (secondary N) is 1. The summed E-state index contributed by atoms with van der Waals surface area (Å²) in [7, 11) is 1.90. The molecule has 0 radical (unpaired) electrons. The van der Waals surface area contributed by atoms with E-state index in [-0.39, 0.29) is 6.04 Å². The lowest BCUT2D eigenvalue weighted by molar-refractivity contribution is 0.514. The minimum Gasteiger partial charge on any atom is -0.333 e. The van der Waals surface area contributed by atoms with Gasteiger partial charge < -0.3 is 4.57 Å². The van der Waals surface area contributed by atoms with E-state index in [1.54, 1.807) is 17.1 Å². The Labute approximate surface area is 100 Å². The van der Waals surface area contributed by atoms with Gasteiger partial charge >= 0.3 is 0 Å². The second kappa shape index (κ2) is 5.11. The van der Waals surface area contributed by atoms with Gasteiger partial charge in [-0.15, -0.1) is 0 Å². The summed E-state index contributed by atoms with van der Waals surface area (Å²) >= 11 is 0. The molecule has 0 amide bonds. The minimum absolute atomic E-state index is 0.135. The van der Waals surface area contributed by atoms with Gasteiger partial charge in [-0.25, -0.2) is 10.4 Å². The van der Waals surface area contributed by atoms with Crippen molar-refractivity contribution in [3.8, 4) is 0 Å². The van der Waals surface area contributed by atoms with Crippen LogP contribution < -0.4 is 11.3 Å². The van der Waals surface area contributed by atoms with Gasteiger partial charge in [0.1, 0.15) is 11.9 Å². The van der Waals surface area contributed by atoms with Gasteiger partial charge in [0.2, 0.25) is 0 Å². The highest BCUT2D eigenvalue weighted by atomic mass is 15.3. The molecule has 2 aromatic rings. The number of hydrazine groups is 1. The molecular formula is C11H18N6. The molecule has 2 rings (SSSR count). The van der Waals surface area contributed by atoms with Crippen LogP contribution in [0.2, 0.25) is 0 Å². The van der Waals surface area contributed by atoms with E-state index in [0.29, 0.717) is 0 Å². The summed E-state index contributed by atoms with van der Waals surface area (Å²) in [6.45, 7) is 3.07. The van der Waals surface area contributed by atoms with Crippen molar-refractivity contribution in [3.63, 3.8) is 0 Å². The van der Waals surface area contributed by atoms with Gasteiger partial charge in [0.15, 0.2) is 0 Å². The van der Waals surface area contributed by atoms with Crippen LogP contribution in [0.1, 0.15) is 30.9 Å². The molecule has 0 spiro atoms. The molecule has 2 heterocycles. The third-order valence-electron chi connectivity index (χ3n) is 2.79. The molecule has 3 N–H and O–H groups in total. The fourth-order valence-electron chi connectivity index (χ4n) is 1.97. The number of hydrogen-bond donors (Lipinski definition) is 2. The van der Waals surface area contributed by atoms with Crippen LogP contribution in [0.25, 0.3) is 0 Å². The SMILES string of the molecule is CCCn1ccnc1C(NN)c1ccnn1C. The standard InChI is InChI=1S/C11H18N6/c1-3-7-17-8-6-13-11(17)10(15-12)9-4-5-14-16(9)2/h4-6,8,10,15H,3,7,12H2,1-2H3. The number of rotatable bonds is 5. The molecule has 0 saturated heterocycles. The van der Waals surface area contributed by atoms with E-state index < -0.39 is 0 Å². The molecule has 6 heteroatoms. The highest BCUT2D eigenvalue weighted by molar-refractivity contribution is 5.17. The largest absolute Gasteiger partial charge is 0.333 e. The molecule has 0 bridgehead atoms. The smallest absolute Gasteiger partial charge is 0.133 e. The van der Waals surface area contributed by atoms with Crippen molar-refractivity contribution >= 4 is 0 Å². The Kier molecular flexibility index (Phi) is 3.55. The van der Waals surface area contributed by atoms with Gasteiger partial charge in [-0.05, 0) is 12.5 Å². The van der Waals surface area contributed by atoms with E-state index >= 15 is 0 Å². The van der Waals surface area contributed by atoms with Crippen molar-refractivity contribution in [3.05, 3.63) is 36.2 Å². The van der Waals surface area contributed by atoms with Crippen molar-refractivity contribution < 1.29 is 0 Å². The van der Waals surface area contributed by atoms with E-state index in [1.165, 1.54) is 0 Å². The predicted molar refractivity (Wildman–Crippen MR) is 64.9 cm³/mol. The number of nitrogens with zero attached hydrogens (tertiary/aromatic N) is 4. The van der Waals surface area contributed by atoms with E-state index in [2.05, 4.69) is 27.0 Å². The monoisotopic (exact) mass is 234 g/mol. The van der Waals surface area contributed by atoms with Gasteiger partial charge in [0, 0.05) is 32.2 Å². The Bertz CT molecular complexity index is 472. The average molecular weight is 234 g/mol. The maximum Gasteiger partial charge on any atom is 0.133 e. The Morgan fingerprint density at radius 3 is 2.88 bits per heavy atom. The second-order valence-electron chi connectivity index (χ2n) is 3.96. The van der Waals surface area contributed by atoms with Gasteiger partial charge in [-0.3, -0.25) is 10.5 Å². The zero-order valence-corrected chi connectivity index (χ0v) is 10.2.